The van der Waals surface area contributed by atoms with Crippen molar-refractivity contribution in [2.24, 2.45) is 0 Å². The zero-order chi connectivity index (χ0) is 16.0. The minimum Gasteiger partial charge on any atom is -0.479 e. The minimum absolute atomic E-state index is 0.0619. The molecular formula is C15H22N2O4. The van der Waals surface area contributed by atoms with Gasteiger partial charge in [0.15, 0.2) is 6.10 Å². The highest BCUT2D eigenvalue weighted by Gasteiger charge is 2.19. The Morgan fingerprint density at radius 2 is 1.95 bits per heavy atom. The van der Waals surface area contributed by atoms with E-state index in [1.54, 1.807) is 6.92 Å². The van der Waals surface area contributed by atoms with Crippen LogP contribution in [0.15, 0.2) is 18.2 Å². The lowest BCUT2D eigenvalue weighted by Gasteiger charge is -2.20. The predicted octanol–water partition coefficient (Wildman–Crippen LogP) is 2.04. The molecule has 21 heavy (non-hydrogen) atoms. The number of carboxylic acids is 1. The maximum Gasteiger partial charge on any atom is 0.335 e. The maximum atomic E-state index is 12.0. The van der Waals surface area contributed by atoms with E-state index in [0.29, 0.717) is 5.69 Å². The lowest BCUT2D eigenvalue weighted by Crippen LogP contribution is -2.42. The smallest absolute Gasteiger partial charge is 0.335 e. The van der Waals surface area contributed by atoms with Crippen molar-refractivity contribution in [3.63, 3.8) is 0 Å². The highest BCUT2D eigenvalue weighted by molar-refractivity contribution is 5.89. The predicted molar refractivity (Wildman–Crippen MR) is 80.4 cm³/mol. The van der Waals surface area contributed by atoms with Gasteiger partial charge in [0.2, 0.25) is 0 Å². The first-order chi connectivity index (χ1) is 9.88. The van der Waals surface area contributed by atoms with Gasteiger partial charge >= 0.3 is 5.97 Å². The molecule has 0 spiro atoms. The molecule has 1 unspecified atom stereocenters. The molecule has 1 aromatic rings. The highest BCUT2D eigenvalue weighted by atomic mass is 16.5. The summed E-state index contributed by atoms with van der Waals surface area (Å²) in [4.78, 5) is 22.9. The molecule has 0 aliphatic heterocycles. The third-order valence-electron chi connectivity index (χ3n) is 3.27. The number of hydrogen-bond acceptors (Lipinski definition) is 4. The molecule has 0 aromatic heterocycles. The SMILES string of the molecule is CCC(CC)NC(=O)C(C)Oc1cc(C(=O)O)ccc1N. The molecule has 0 aliphatic rings. The van der Waals surface area contributed by atoms with Gasteiger partial charge < -0.3 is 20.9 Å². The zero-order valence-electron chi connectivity index (χ0n) is 12.6. The molecule has 116 valence electrons. The Labute approximate surface area is 124 Å². The molecule has 6 nitrogen and oxygen atoms in total. The summed E-state index contributed by atoms with van der Waals surface area (Å²) in [5, 5.41) is 11.8. The molecule has 0 saturated carbocycles. The van der Waals surface area contributed by atoms with E-state index in [-0.39, 0.29) is 23.3 Å². The van der Waals surface area contributed by atoms with Gasteiger partial charge in [-0.15, -0.1) is 0 Å². The number of amides is 1. The van der Waals surface area contributed by atoms with Gasteiger partial charge in [0.1, 0.15) is 5.75 Å². The van der Waals surface area contributed by atoms with Crippen molar-refractivity contribution in [1.82, 2.24) is 5.32 Å². The third kappa shape index (κ3) is 4.66. The van der Waals surface area contributed by atoms with Crippen LogP contribution in [0.5, 0.6) is 5.75 Å². The lowest BCUT2D eigenvalue weighted by molar-refractivity contribution is -0.128. The van der Waals surface area contributed by atoms with Crippen molar-refractivity contribution in [3.05, 3.63) is 23.8 Å². The summed E-state index contributed by atoms with van der Waals surface area (Å²) in [6.45, 7) is 5.59. The summed E-state index contributed by atoms with van der Waals surface area (Å²) >= 11 is 0. The van der Waals surface area contributed by atoms with Crippen LogP contribution in [0, 0.1) is 0 Å². The van der Waals surface area contributed by atoms with Crippen molar-refractivity contribution in [2.75, 3.05) is 5.73 Å². The largest absolute Gasteiger partial charge is 0.479 e. The number of aromatic carboxylic acids is 1. The Morgan fingerprint density at radius 1 is 1.33 bits per heavy atom. The van der Waals surface area contributed by atoms with Crippen molar-refractivity contribution in [2.45, 2.75) is 45.8 Å². The third-order valence-corrected chi connectivity index (χ3v) is 3.27. The first kappa shape index (κ1) is 16.8. The van der Waals surface area contributed by atoms with Gasteiger partial charge in [0, 0.05) is 6.04 Å². The zero-order valence-corrected chi connectivity index (χ0v) is 12.6. The number of rotatable bonds is 7. The summed E-state index contributed by atoms with van der Waals surface area (Å²) < 4.78 is 5.49. The van der Waals surface area contributed by atoms with E-state index in [9.17, 15) is 9.59 Å². The number of carboxylic acid groups (broad SMARTS) is 1. The molecule has 1 rings (SSSR count). The molecule has 6 heteroatoms. The van der Waals surface area contributed by atoms with Crippen LogP contribution >= 0.6 is 0 Å². The summed E-state index contributed by atoms with van der Waals surface area (Å²) in [6.07, 6.45) is 0.925. The molecule has 0 bridgehead atoms. The van der Waals surface area contributed by atoms with E-state index < -0.39 is 12.1 Å². The lowest BCUT2D eigenvalue weighted by atomic mass is 10.1. The quantitative estimate of drug-likeness (QED) is 0.668. The molecule has 1 atom stereocenters. The second kappa shape index (κ2) is 7.52. The molecule has 0 aliphatic carbocycles. The van der Waals surface area contributed by atoms with Crippen molar-refractivity contribution >= 4 is 17.6 Å². The average molecular weight is 294 g/mol. The topological polar surface area (TPSA) is 102 Å². The van der Waals surface area contributed by atoms with Gasteiger partial charge in [-0.05, 0) is 38.0 Å². The van der Waals surface area contributed by atoms with E-state index in [4.69, 9.17) is 15.6 Å². The molecule has 0 fully saturated rings. The maximum absolute atomic E-state index is 12.0. The Bertz CT molecular complexity index is 512. The standard InChI is InChI=1S/C15H22N2O4/c1-4-11(5-2)17-14(18)9(3)21-13-8-10(15(19)20)6-7-12(13)16/h6-9,11H,4-5,16H2,1-3H3,(H,17,18)(H,19,20). The fourth-order valence-corrected chi connectivity index (χ4v) is 1.82. The number of carbonyl (C=O) groups excluding carboxylic acids is 1. The summed E-state index contributed by atoms with van der Waals surface area (Å²) in [6, 6.07) is 4.26. The molecule has 0 radical (unpaired) electrons. The molecule has 0 saturated heterocycles. The van der Waals surface area contributed by atoms with Crippen LogP contribution < -0.4 is 15.8 Å². The van der Waals surface area contributed by atoms with Crippen LogP contribution in [-0.4, -0.2) is 29.1 Å². The van der Waals surface area contributed by atoms with Gasteiger partial charge in [0.05, 0.1) is 11.3 Å². The fraction of sp³-hybridized carbons (Fsp3) is 0.467. The van der Waals surface area contributed by atoms with Crippen LogP contribution in [0.25, 0.3) is 0 Å². The number of carbonyl (C=O) groups is 2. The van der Waals surface area contributed by atoms with Gasteiger partial charge in [0.25, 0.3) is 5.91 Å². The van der Waals surface area contributed by atoms with Crippen LogP contribution in [0.2, 0.25) is 0 Å². The number of benzene rings is 1. The summed E-state index contributed by atoms with van der Waals surface area (Å²) in [5.41, 5.74) is 6.10. The first-order valence-electron chi connectivity index (χ1n) is 6.98. The van der Waals surface area contributed by atoms with Crippen LogP contribution in [-0.2, 0) is 4.79 Å². The number of hydrogen-bond donors (Lipinski definition) is 3. The minimum atomic E-state index is -1.08. The average Bonchev–Trinajstić information content (AvgIpc) is 2.46. The van der Waals surface area contributed by atoms with E-state index in [2.05, 4.69) is 5.32 Å². The number of anilines is 1. The molecule has 1 aromatic carbocycles. The Kier molecular flexibility index (Phi) is 6.02. The van der Waals surface area contributed by atoms with Crippen LogP contribution in [0.1, 0.15) is 44.0 Å². The molecule has 4 N–H and O–H groups in total. The number of nitrogen functional groups attached to an aromatic ring is 1. The van der Waals surface area contributed by atoms with Gasteiger partial charge in [-0.3, -0.25) is 4.79 Å². The van der Waals surface area contributed by atoms with Crippen molar-refractivity contribution in [1.29, 1.82) is 0 Å². The molecule has 0 heterocycles. The monoisotopic (exact) mass is 294 g/mol. The van der Waals surface area contributed by atoms with Crippen LogP contribution in [0.3, 0.4) is 0 Å². The van der Waals surface area contributed by atoms with Crippen molar-refractivity contribution < 1.29 is 19.4 Å². The number of nitrogens with one attached hydrogen (secondary N) is 1. The normalized spacial score (nSPS) is 12.0. The van der Waals surface area contributed by atoms with Gasteiger partial charge in [-0.25, -0.2) is 4.79 Å². The van der Waals surface area contributed by atoms with E-state index in [1.165, 1.54) is 18.2 Å². The number of ether oxygens (including phenoxy) is 1. The van der Waals surface area contributed by atoms with E-state index >= 15 is 0 Å². The Hall–Kier alpha value is -2.24. The van der Waals surface area contributed by atoms with Crippen LogP contribution in [0.4, 0.5) is 5.69 Å². The van der Waals surface area contributed by atoms with E-state index in [0.717, 1.165) is 12.8 Å². The Balaban J connectivity index is 2.78. The molecular weight excluding hydrogens is 272 g/mol. The molecule has 1 amide bonds. The Morgan fingerprint density at radius 3 is 2.48 bits per heavy atom. The first-order valence-corrected chi connectivity index (χ1v) is 6.98. The van der Waals surface area contributed by atoms with Gasteiger partial charge in [-0.2, -0.15) is 0 Å². The second-order valence-corrected chi connectivity index (χ2v) is 4.84. The fourth-order valence-electron chi connectivity index (χ4n) is 1.82. The summed E-state index contributed by atoms with van der Waals surface area (Å²) in [7, 11) is 0. The van der Waals surface area contributed by atoms with E-state index in [1.807, 2.05) is 13.8 Å². The highest BCUT2D eigenvalue weighted by Crippen LogP contribution is 2.24. The number of nitrogens with two attached hydrogens (primary N) is 1. The summed E-state index contributed by atoms with van der Waals surface area (Å²) in [5.74, 6) is -1.13. The van der Waals surface area contributed by atoms with Gasteiger partial charge in [-0.1, -0.05) is 13.8 Å². The second-order valence-electron chi connectivity index (χ2n) is 4.84. The van der Waals surface area contributed by atoms with Crippen molar-refractivity contribution in [3.8, 4) is 5.75 Å².